The van der Waals surface area contributed by atoms with Crippen molar-refractivity contribution in [2.75, 3.05) is 12.3 Å². The molecule has 0 aromatic heterocycles. The van der Waals surface area contributed by atoms with E-state index in [1.807, 2.05) is 18.2 Å². The first-order valence-corrected chi connectivity index (χ1v) is 6.07. The summed E-state index contributed by atoms with van der Waals surface area (Å²) in [5, 5.41) is 8.73. The van der Waals surface area contributed by atoms with Crippen molar-refractivity contribution in [3.8, 4) is 11.8 Å². The van der Waals surface area contributed by atoms with Gasteiger partial charge < -0.3 is 10.5 Å². The molecule has 0 atom stereocenters. The zero-order valence-corrected chi connectivity index (χ0v) is 10.2. The van der Waals surface area contributed by atoms with E-state index in [1.165, 1.54) is 5.56 Å². The topological polar surface area (TPSA) is 59.0 Å². The van der Waals surface area contributed by atoms with Crippen molar-refractivity contribution in [1.29, 1.82) is 5.26 Å². The second-order valence-corrected chi connectivity index (χ2v) is 4.85. The molecule has 1 aromatic carbocycles. The molecule has 0 unspecified atom stereocenters. The zero-order valence-electron chi connectivity index (χ0n) is 10.2. The molecule has 0 amide bonds. The molecule has 0 bridgehead atoms. The van der Waals surface area contributed by atoms with Gasteiger partial charge in [0.2, 0.25) is 0 Å². The number of rotatable bonds is 5. The summed E-state index contributed by atoms with van der Waals surface area (Å²) in [5.41, 5.74) is 7.94. The number of anilines is 1. The SMILES string of the molecule is CCc1ccc(OCC2(CC#N)CC2)c(N)c1. The van der Waals surface area contributed by atoms with Crippen LogP contribution in [0.1, 0.15) is 31.7 Å². The van der Waals surface area contributed by atoms with Gasteiger partial charge in [0.1, 0.15) is 5.75 Å². The van der Waals surface area contributed by atoms with Gasteiger partial charge in [-0.05, 0) is 37.0 Å². The van der Waals surface area contributed by atoms with E-state index in [4.69, 9.17) is 15.7 Å². The van der Waals surface area contributed by atoms with Crippen LogP contribution in [-0.2, 0) is 6.42 Å². The average molecular weight is 230 g/mol. The molecule has 2 rings (SSSR count). The number of aryl methyl sites for hydroxylation is 1. The minimum Gasteiger partial charge on any atom is -0.491 e. The molecule has 17 heavy (non-hydrogen) atoms. The minimum absolute atomic E-state index is 0.102. The van der Waals surface area contributed by atoms with Crippen molar-refractivity contribution in [3.05, 3.63) is 23.8 Å². The Hall–Kier alpha value is -1.69. The predicted octanol–water partition coefficient (Wildman–Crippen LogP) is 2.90. The van der Waals surface area contributed by atoms with Crippen LogP contribution in [0.15, 0.2) is 18.2 Å². The molecule has 1 aliphatic rings. The van der Waals surface area contributed by atoms with Crippen molar-refractivity contribution in [1.82, 2.24) is 0 Å². The van der Waals surface area contributed by atoms with Gasteiger partial charge in [-0.25, -0.2) is 0 Å². The molecule has 0 saturated heterocycles. The highest BCUT2D eigenvalue weighted by atomic mass is 16.5. The number of hydrogen-bond acceptors (Lipinski definition) is 3. The third kappa shape index (κ3) is 2.71. The van der Waals surface area contributed by atoms with E-state index in [9.17, 15) is 0 Å². The summed E-state index contributed by atoms with van der Waals surface area (Å²) < 4.78 is 5.74. The van der Waals surface area contributed by atoms with Gasteiger partial charge in [-0.3, -0.25) is 0 Å². The van der Waals surface area contributed by atoms with Crippen LogP contribution in [0.5, 0.6) is 5.75 Å². The van der Waals surface area contributed by atoms with Crippen molar-refractivity contribution in [2.24, 2.45) is 5.41 Å². The van der Waals surface area contributed by atoms with E-state index in [0.717, 1.165) is 25.0 Å². The lowest BCUT2D eigenvalue weighted by Gasteiger charge is -2.14. The fourth-order valence-electron chi connectivity index (χ4n) is 1.90. The number of hydrogen-bond donors (Lipinski definition) is 1. The number of nitriles is 1. The highest BCUT2D eigenvalue weighted by molar-refractivity contribution is 5.54. The van der Waals surface area contributed by atoms with Crippen molar-refractivity contribution in [3.63, 3.8) is 0 Å². The van der Waals surface area contributed by atoms with E-state index >= 15 is 0 Å². The molecule has 3 nitrogen and oxygen atoms in total. The van der Waals surface area contributed by atoms with Gasteiger partial charge in [0, 0.05) is 11.8 Å². The van der Waals surface area contributed by atoms with E-state index < -0.39 is 0 Å². The number of nitrogens with zero attached hydrogens (tertiary/aromatic N) is 1. The first-order chi connectivity index (χ1) is 8.19. The van der Waals surface area contributed by atoms with E-state index in [0.29, 0.717) is 18.7 Å². The summed E-state index contributed by atoms with van der Waals surface area (Å²) in [4.78, 5) is 0. The Morgan fingerprint density at radius 1 is 1.47 bits per heavy atom. The maximum Gasteiger partial charge on any atom is 0.142 e. The fraction of sp³-hybridized carbons (Fsp3) is 0.500. The molecule has 90 valence electrons. The van der Waals surface area contributed by atoms with Gasteiger partial charge in [0.25, 0.3) is 0 Å². The molecular formula is C14H18N2O. The summed E-state index contributed by atoms with van der Waals surface area (Å²) in [5.74, 6) is 0.742. The lowest BCUT2D eigenvalue weighted by Crippen LogP contribution is -2.13. The molecule has 0 heterocycles. The smallest absolute Gasteiger partial charge is 0.142 e. The molecule has 1 saturated carbocycles. The van der Waals surface area contributed by atoms with Gasteiger partial charge in [-0.15, -0.1) is 0 Å². The van der Waals surface area contributed by atoms with Crippen LogP contribution in [0.3, 0.4) is 0 Å². The Kier molecular flexibility index (Phi) is 3.23. The maximum atomic E-state index is 8.73. The first-order valence-electron chi connectivity index (χ1n) is 6.07. The van der Waals surface area contributed by atoms with Crippen LogP contribution in [0, 0.1) is 16.7 Å². The largest absolute Gasteiger partial charge is 0.491 e. The highest BCUT2D eigenvalue weighted by Crippen LogP contribution is 2.48. The first kappa shape index (κ1) is 11.8. The summed E-state index contributed by atoms with van der Waals surface area (Å²) in [6.45, 7) is 2.71. The standard InChI is InChI=1S/C14H18N2O/c1-2-11-3-4-13(12(16)9-11)17-10-14(5-6-14)7-8-15/h3-4,9H,2,5-7,10,16H2,1H3. The normalized spacial score (nSPS) is 16.2. The Morgan fingerprint density at radius 3 is 2.76 bits per heavy atom. The zero-order chi connectivity index (χ0) is 12.3. The monoisotopic (exact) mass is 230 g/mol. The van der Waals surface area contributed by atoms with Gasteiger partial charge >= 0.3 is 0 Å². The Labute approximate surface area is 102 Å². The number of nitrogen functional groups attached to an aromatic ring is 1. The second kappa shape index (κ2) is 4.67. The van der Waals surface area contributed by atoms with Crippen LogP contribution >= 0.6 is 0 Å². The second-order valence-electron chi connectivity index (χ2n) is 4.85. The van der Waals surface area contributed by atoms with Crippen LogP contribution in [0.25, 0.3) is 0 Å². The number of benzene rings is 1. The number of ether oxygens (including phenoxy) is 1. The Bertz CT molecular complexity index is 444. The molecule has 0 spiro atoms. The van der Waals surface area contributed by atoms with Gasteiger partial charge in [0.15, 0.2) is 0 Å². The Balaban J connectivity index is 1.98. The molecule has 1 fully saturated rings. The third-order valence-corrected chi connectivity index (χ3v) is 3.43. The molecule has 0 radical (unpaired) electrons. The lowest BCUT2D eigenvalue weighted by molar-refractivity contribution is 0.238. The molecule has 0 aliphatic heterocycles. The molecule has 3 heteroatoms. The number of nitrogens with two attached hydrogens (primary N) is 1. The van der Waals surface area contributed by atoms with Crippen LogP contribution < -0.4 is 10.5 Å². The summed E-state index contributed by atoms with van der Waals surface area (Å²) in [6.07, 6.45) is 3.74. The highest BCUT2D eigenvalue weighted by Gasteiger charge is 2.43. The summed E-state index contributed by atoms with van der Waals surface area (Å²) >= 11 is 0. The predicted molar refractivity (Wildman–Crippen MR) is 67.6 cm³/mol. The van der Waals surface area contributed by atoms with Crippen molar-refractivity contribution >= 4 is 5.69 Å². The maximum absolute atomic E-state index is 8.73. The van der Waals surface area contributed by atoms with E-state index in [1.54, 1.807) is 0 Å². The quantitative estimate of drug-likeness (QED) is 0.791. The van der Waals surface area contributed by atoms with Crippen molar-refractivity contribution < 1.29 is 4.74 Å². The molecule has 1 aromatic rings. The Morgan fingerprint density at radius 2 is 2.24 bits per heavy atom. The van der Waals surface area contributed by atoms with Crippen molar-refractivity contribution in [2.45, 2.75) is 32.6 Å². The van der Waals surface area contributed by atoms with Gasteiger partial charge in [-0.1, -0.05) is 13.0 Å². The molecule has 1 aliphatic carbocycles. The minimum atomic E-state index is 0.102. The van der Waals surface area contributed by atoms with E-state index in [-0.39, 0.29) is 5.41 Å². The van der Waals surface area contributed by atoms with Gasteiger partial charge in [0.05, 0.1) is 18.4 Å². The van der Waals surface area contributed by atoms with Crippen LogP contribution in [0.4, 0.5) is 5.69 Å². The molecule has 2 N–H and O–H groups in total. The average Bonchev–Trinajstić information content (AvgIpc) is 3.08. The third-order valence-electron chi connectivity index (χ3n) is 3.43. The van der Waals surface area contributed by atoms with Crippen LogP contribution in [0.2, 0.25) is 0 Å². The summed E-state index contributed by atoms with van der Waals surface area (Å²) in [7, 11) is 0. The molecular weight excluding hydrogens is 212 g/mol. The fourth-order valence-corrected chi connectivity index (χ4v) is 1.90. The summed E-state index contributed by atoms with van der Waals surface area (Å²) in [6, 6.07) is 8.15. The lowest BCUT2D eigenvalue weighted by atomic mass is 10.1. The van der Waals surface area contributed by atoms with E-state index in [2.05, 4.69) is 13.0 Å². The van der Waals surface area contributed by atoms with Crippen LogP contribution in [-0.4, -0.2) is 6.61 Å². The van der Waals surface area contributed by atoms with Gasteiger partial charge in [-0.2, -0.15) is 5.26 Å².